The van der Waals surface area contributed by atoms with Gasteiger partial charge in [-0.25, -0.2) is 4.79 Å². The van der Waals surface area contributed by atoms with Crippen LogP contribution in [0.15, 0.2) is 24.3 Å². The van der Waals surface area contributed by atoms with Gasteiger partial charge in [-0.15, -0.1) is 0 Å². The van der Waals surface area contributed by atoms with Gasteiger partial charge in [0.05, 0.1) is 0 Å². The van der Waals surface area contributed by atoms with Gasteiger partial charge >= 0.3 is 6.09 Å². The van der Waals surface area contributed by atoms with Crippen molar-refractivity contribution < 1.29 is 14.3 Å². The second-order valence-electron chi connectivity index (χ2n) is 8.30. The second kappa shape index (κ2) is 10.4. The predicted octanol–water partition coefficient (Wildman–Crippen LogP) is 5.46. The van der Waals surface area contributed by atoms with Crippen molar-refractivity contribution in [3.8, 4) is 5.75 Å². The summed E-state index contributed by atoms with van der Waals surface area (Å²) in [6, 6.07) is 8.19. The molecule has 0 saturated carbocycles. The lowest BCUT2D eigenvalue weighted by Gasteiger charge is -2.33. The summed E-state index contributed by atoms with van der Waals surface area (Å²) in [6.07, 6.45) is 6.65. The van der Waals surface area contributed by atoms with E-state index in [-0.39, 0.29) is 12.2 Å². The first-order chi connectivity index (χ1) is 12.9. The van der Waals surface area contributed by atoms with Crippen LogP contribution in [0.3, 0.4) is 0 Å². The molecule has 1 aliphatic heterocycles. The highest BCUT2D eigenvalue weighted by Crippen LogP contribution is 2.22. The van der Waals surface area contributed by atoms with E-state index in [1.54, 1.807) is 4.90 Å². The Labute approximate surface area is 164 Å². The molecule has 27 heavy (non-hydrogen) atoms. The Morgan fingerprint density at radius 2 is 1.78 bits per heavy atom. The molecule has 0 unspecified atom stereocenters. The number of benzene rings is 1. The van der Waals surface area contributed by atoms with Crippen LogP contribution in [0, 0.1) is 0 Å². The fraction of sp³-hybridized carbons (Fsp3) is 0.682. The minimum Gasteiger partial charge on any atom is -0.490 e. The van der Waals surface area contributed by atoms with Crippen LogP contribution < -0.4 is 10.1 Å². The Hall–Kier alpha value is -1.91. The number of nitrogens with zero attached hydrogens (tertiary/aromatic N) is 1. The first-order valence-corrected chi connectivity index (χ1v) is 10.4. The highest BCUT2D eigenvalue weighted by atomic mass is 16.6. The van der Waals surface area contributed by atoms with Gasteiger partial charge in [0.15, 0.2) is 0 Å². The number of likely N-dealkylation sites (tertiary alicyclic amines) is 1. The van der Waals surface area contributed by atoms with Crippen LogP contribution in [0.4, 0.5) is 10.5 Å². The van der Waals surface area contributed by atoms with E-state index in [0.717, 1.165) is 30.8 Å². The minimum absolute atomic E-state index is 0.150. The first kappa shape index (κ1) is 21.4. The number of nitrogens with one attached hydrogen (secondary N) is 1. The monoisotopic (exact) mass is 376 g/mol. The molecule has 1 fully saturated rings. The number of carbonyl (C=O) groups is 1. The number of unbranched alkanes of at least 4 members (excludes halogenated alkanes) is 3. The lowest BCUT2D eigenvalue weighted by atomic mass is 10.1. The maximum absolute atomic E-state index is 12.1. The molecule has 0 aliphatic carbocycles. The predicted molar refractivity (Wildman–Crippen MR) is 111 cm³/mol. The SMILES string of the molecule is CCCCCCNc1ccc(OC2CCN(C(=O)OC(C)(C)C)CC2)cc1. The molecule has 1 aromatic carbocycles. The van der Waals surface area contributed by atoms with E-state index in [1.807, 2.05) is 32.9 Å². The molecule has 0 bridgehead atoms. The van der Waals surface area contributed by atoms with Gasteiger partial charge < -0.3 is 19.7 Å². The number of ether oxygens (including phenoxy) is 2. The van der Waals surface area contributed by atoms with Gasteiger partial charge in [0.2, 0.25) is 0 Å². The molecule has 1 heterocycles. The Kier molecular flexibility index (Phi) is 8.26. The summed E-state index contributed by atoms with van der Waals surface area (Å²) in [7, 11) is 0. The highest BCUT2D eigenvalue weighted by Gasteiger charge is 2.27. The average molecular weight is 377 g/mol. The van der Waals surface area contributed by atoms with Gasteiger partial charge in [0, 0.05) is 38.2 Å². The van der Waals surface area contributed by atoms with Crippen molar-refractivity contribution in [3.05, 3.63) is 24.3 Å². The third kappa shape index (κ3) is 8.10. The average Bonchev–Trinajstić information content (AvgIpc) is 2.62. The summed E-state index contributed by atoms with van der Waals surface area (Å²) in [4.78, 5) is 13.9. The van der Waals surface area contributed by atoms with Gasteiger partial charge in [0.1, 0.15) is 17.5 Å². The molecule has 0 radical (unpaired) electrons. The fourth-order valence-corrected chi connectivity index (χ4v) is 3.11. The maximum atomic E-state index is 12.1. The topological polar surface area (TPSA) is 50.8 Å². The number of hydrogen-bond acceptors (Lipinski definition) is 4. The summed E-state index contributed by atoms with van der Waals surface area (Å²) in [6.45, 7) is 10.3. The van der Waals surface area contributed by atoms with Crippen LogP contribution >= 0.6 is 0 Å². The molecule has 0 aromatic heterocycles. The number of amides is 1. The molecular formula is C22H36N2O3. The van der Waals surface area contributed by atoms with E-state index in [1.165, 1.54) is 25.7 Å². The van der Waals surface area contributed by atoms with E-state index in [4.69, 9.17) is 9.47 Å². The summed E-state index contributed by atoms with van der Waals surface area (Å²) in [5.74, 6) is 0.891. The zero-order valence-corrected chi connectivity index (χ0v) is 17.4. The third-order valence-electron chi connectivity index (χ3n) is 4.61. The quantitative estimate of drug-likeness (QED) is 0.612. The molecule has 1 aliphatic rings. The summed E-state index contributed by atoms with van der Waals surface area (Å²) >= 11 is 0. The van der Waals surface area contributed by atoms with Crippen LogP contribution in [0.2, 0.25) is 0 Å². The largest absolute Gasteiger partial charge is 0.490 e. The Morgan fingerprint density at radius 1 is 1.11 bits per heavy atom. The number of hydrogen-bond donors (Lipinski definition) is 1. The molecule has 2 rings (SSSR count). The first-order valence-electron chi connectivity index (χ1n) is 10.4. The van der Waals surface area contributed by atoms with Crippen LogP contribution in [-0.4, -0.2) is 42.3 Å². The van der Waals surface area contributed by atoms with Crippen molar-refractivity contribution in [1.82, 2.24) is 4.90 Å². The zero-order valence-electron chi connectivity index (χ0n) is 17.4. The van der Waals surface area contributed by atoms with E-state index in [0.29, 0.717) is 13.1 Å². The molecular weight excluding hydrogens is 340 g/mol. The molecule has 0 spiro atoms. The maximum Gasteiger partial charge on any atom is 0.410 e. The Balaban J connectivity index is 1.70. The van der Waals surface area contributed by atoms with Gasteiger partial charge in [-0.05, 0) is 51.5 Å². The van der Waals surface area contributed by atoms with Crippen LogP contribution in [-0.2, 0) is 4.74 Å². The van der Waals surface area contributed by atoms with Crippen molar-refractivity contribution in [3.63, 3.8) is 0 Å². The Bertz CT molecular complexity index is 558. The van der Waals surface area contributed by atoms with Gasteiger partial charge in [-0.2, -0.15) is 0 Å². The molecule has 1 amide bonds. The van der Waals surface area contributed by atoms with Crippen molar-refractivity contribution in [2.24, 2.45) is 0 Å². The third-order valence-corrected chi connectivity index (χ3v) is 4.61. The summed E-state index contributed by atoms with van der Waals surface area (Å²) < 4.78 is 11.5. The lowest BCUT2D eigenvalue weighted by Crippen LogP contribution is -2.44. The van der Waals surface area contributed by atoms with E-state index < -0.39 is 5.60 Å². The summed E-state index contributed by atoms with van der Waals surface area (Å²) in [5.41, 5.74) is 0.689. The molecule has 5 nitrogen and oxygen atoms in total. The van der Waals surface area contributed by atoms with Gasteiger partial charge in [0.25, 0.3) is 0 Å². The Morgan fingerprint density at radius 3 is 2.37 bits per heavy atom. The van der Waals surface area contributed by atoms with E-state index in [2.05, 4.69) is 24.4 Å². The van der Waals surface area contributed by atoms with Crippen LogP contribution in [0.1, 0.15) is 66.2 Å². The summed E-state index contributed by atoms with van der Waals surface area (Å²) in [5, 5.41) is 3.46. The number of rotatable bonds is 8. The fourth-order valence-electron chi connectivity index (χ4n) is 3.11. The standard InChI is InChI=1S/C22H36N2O3/c1-5-6-7-8-15-23-18-9-11-19(12-10-18)26-20-13-16-24(17-14-20)21(25)27-22(2,3)4/h9-12,20,23H,5-8,13-17H2,1-4H3. The smallest absolute Gasteiger partial charge is 0.410 e. The molecule has 5 heteroatoms. The molecule has 152 valence electrons. The van der Waals surface area contributed by atoms with Gasteiger partial charge in [-0.3, -0.25) is 0 Å². The highest BCUT2D eigenvalue weighted by molar-refractivity contribution is 5.68. The number of piperidine rings is 1. The minimum atomic E-state index is -0.448. The van der Waals surface area contributed by atoms with Crippen molar-refractivity contribution in [2.45, 2.75) is 77.9 Å². The van der Waals surface area contributed by atoms with Crippen molar-refractivity contribution in [1.29, 1.82) is 0 Å². The lowest BCUT2D eigenvalue weighted by molar-refractivity contribution is 0.0126. The zero-order chi connectivity index (χ0) is 19.7. The van der Waals surface area contributed by atoms with Crippen LogP contribution in [0.5, 0.6) is 5.75 Å². The molecule has 0 atom stereocenters. The van der Waals surface area contributed by atoms with Crippen LogP contribution in [0.25, 0.3) is 0 Å². The molecule has 1 aromatic rings. The molecule has 1 saturated heterocycles. The molecule has 1 N–H and O–H groups in total. The van der Waals surface area contributed by atoms with E-state index in [9.17, 15) is 4.79 Å². The normalized spacial score (nSPS) is 15.5. The number of anilines is 1. The van der Waals surface area contributed by atoms with Crippen molar-refractivity contribution >= 4 is 11.8 Å². The number of carbonyl (C=O) groups excluding carboxylic acids is 1. The van der Waals surface area contributed by atoms with Gasteiger partial charge in [-0.1, -0.05) is 26.2 Å². The van der Waals surface area contributed by atoms with Crippen molar-refractivity contribution in [2.75, 3.05) is 25.0 Å². The van der Waals surface area contributed by atoms with E-state index >= 15 is 0 Å². The second-order valence-corrected chi connectivity index (χ2v) is 8.30.